The number of fused-ring (bicyclic) bond motifs is 1. The standard InChI is InChI=1S/C14H13Cl2N5/c15-10-6-12-13(7-11(10)16)20-14(8-19-12)18-2-1-4-21-5-3-17-9-21/h3,5-9H,1-2,4H2,(H,18,20). The Morgan fingerprint density at radius 3 is 2.71 bits per heavy atom. The highest BCUT2D eigenvalue weighted by atomic mass is 35.5. The van der Waals surface area contributed by atoms with Gasteiger partial charge in [0, 0.05) is 25.5 Å². The van der Waals surface area contributed by atoms with Crippen molar-refractivity contribution in [2.45, 2.75) is 13.0 Å². The lowest BCUT2D eigenvalue weighted by atomic mass is 10.3. The molecule has 0 saturated carbocycles. The van der Waals surface area contributed by atoms with Crippen molar-refractivity contribution in [1.82, 2.24) is 19.5 Å². The number of nitrogens with one attached hydrogen (secondary N) is 1. The monoisotopic (exact) mass is 321 g/mol. The highest BCUT2D eigenvalue weighted by molar-refractivity contribution is 6.42. The smallest absolute Gasteiger partial charge is 0.145 e. The molecule has 108 valence electrons. The van der Waals surface area contributed by atoms with Crippen molar-refractivity contribution in [3.05, 3.63) is 47.1 Å². The summed E-state index contributed by atoms with van der Waals surface area (Å²) >= 11 is 12.0. The van der Waals surface area contributed by atoms with E-state index in [0.717, 1.165) is 36.4 Å². The normalized spacial score (nSPS) is 11.0. The summed E-state index contributed by atoms with van der Waals surface area (Å²) in [6, 6.07) is 3.44. The number of hydrogen-bond donors (Lipinski definition) is 1. The topological polar surface area (TPSA) is 55.6 Å². The molecule has 0 aliphatic rings. The number of anilines is 1. The summed E-state index contributed by atoms with van der Waals surface area (Å²) in [5.41, 5.74) is 1.46. The number of hydrogen-bond acceptors (Lipinski definition) is 4. The maximum Gasteiger partial charge on any atom is 0.145 e. The van der Waals surface area contributed by atoms with Crippen LogP contribution < -0.4 is 5.32 Å². The lowest BCUT2D eigenvalue weighted by Gasteiger charge is -2.07. The second kappa shape index (κ2) is 6.28. The van der Waals surface area contributed by atoms with Crippen molar-refractivity contribution in [3.63, 3.8) is 0 Å². The van der Waals surface area contributed by atoms with E-state index >= 15 is 0 Å². The van der Waals surface area contributed by atoms with E-state index in [1.165, 1.54) is 0 Å². The van der Waals surface area contributed by atoms with Crippen LogP contribution in [-0.4, -0.2) is 26.1 Å². The number of aromatic nitrogens is 4. The molecule has 1 N–H and O–H groups in total. The minimum atomic E-state index is 0.482. The van der Waals surface area contributed by atoms with Gasteiger partial charge in [0.05, 0.1) is 33.6 Å². The fourth-order valence-corrected chi connectivity index (χ4v) is 2.31. The van der Waals surface area contributed by atoms with Gasteiger partial charge in [0.25, 0.3) is 0 Å². The van der Waals surface area contributed by atoms with E-state index in [2.05, 4.69) is 20.3 Å². The molecule has 0 spiro atoms. The van der Waals surface area contributed by atoms with Gasteiger partial charge in [0.2, 0.25) is 0 Å². The first-order valence-corrected chi connectivity index (χ1v) is 7.29. The number of rotatable bonds is 5. The zero-order chi connectivity index (χ0) is 14.7. The third-order valence-corrected chi connectivity index (χ3v) is 3.76. The number of halogens is 2. The summed E-state index contributed by atoms with van der Waals surface area (Å²) in [4.78, 5) is 12.8. The van der Waals surface area contributed by atoms with E-state index in [9.17, 15) is 0 Å². The maximum atomic E-state index is 6.00. The van der Waals surface area contributed by atoms with Gasteiger partial charge in [-0.1, -0.05) is 23.2 Å². The molecule has 5 nitrogen and oxygen atoms in total. The Hall–Kier alpha value is -1.85. The molecule has 2 heterocycles. The third-order valence-electron chi connectivity index (χ3n) is 3.04. The predicted octanol–water partition coefficient (Wildman–Crippen LogP) is 3.64. The molecular weight excluding hydrogens is 309 g/mol. The molecule has 0 aliphatic heterocycles. The van der Waals surface area contributed by atoms with Gasteiger partial charge in [-0.3, -0.25) is 4.98 Å². The lowest BCUT2D eigenvalue weighted by Crippen LogP contribution is -2.07. The van der Waals surface area contributed by atoms with Crippen LogP contribution in [0, 0.1) is 0 Å². The Labute approximate surface area is 131 Å². The van der Waals surface area contributed by atoms with Crippen molar-refractivity contribution < 1.29 is 0 Å². The summed E-state index contributed by atoms with van der Waals surface area (Å²) in [6.45, 7) is 1.72. The Morgan fingerprint density at radius 1 is 1.14 bits per heavy atom. The van der Waals surface area contributed by atoms with Crippen molar-refractivity contribution in [3.8, 4) is 0 Å². The SMILES string of the molecule is Clc1cc2ncc(NCCCn3ccnc3)nc2cc1Cl. The molecule has 0 bridgehead atoms. The largest absolute Gasteiger partial charge is 0.369 e. The quantitative estimate of drug-likeness (QED) is 0.729. The molecule has 0 unspecified atom stereocenters. The minimum absolute atomic E-state index is 0.482. The van der Waals surface area contributed by atoms with Crippen LogP contribution in [0.2, 0.25) is 10.0 Å². The number of aryl methyl sites for hydroxylation is 1. The summed E-state index contributed by atoms with van der Waals surface area (Å²) < 4.78 is 2.04. The summed E-state index contributed by atoms with van der Waals surface area (Å²) in [7, 11) is 0. The number of nitrogens with zero attached hydrogens (tertiary/aromatic N) is 4. The molecule has 0 radical (unpaired) electrons. The van der Waals surface area contributed by atoms with Crippen molar-refractivity contribution in [2.75, 3.05) is 11.9 Å². The van der Waals surface area contributed by atoms with Crippen molar-refractivity contribution in [1.29, 1.82) is 0 Å². The Morgan fingerprint density at radius 2 is 1.95 bits per heavy atom. The average Bonchev–Trinajstić information content (AvgIpc) is 2.98. The molecule has 2 aromatic heterocycles. The van der Waals surface area contributed by atoms with E-state index in [-0.39, 0.29) is 0 Å². The van der Waals surface area contributed by atoms with Crippen molar-refractivity contribution >= 4 is 40.1 Å². The van der Waals surface area contributed by atoms with Gasteiger partial charge >= 0.3 is 0 Å². The van der Waals surface area contributed by atoms with Gasteiger partial charge in [0.1, 0.15) is 5.82 Å². The Kier molecular flexibility index (Phi) is 4.22. The van der Waals surface area contributed by atoms with Crippen LogP contribution >= 0.6 is 23.2 Å². The van der Waals surface area contributed by atoms with Gasteiger partial charge in [-0.2, -0.15) is 0 Å². The highest BCUT2D eigenvalue weighted by Gasteiger charge is 2.04. The van der Waals surface area contributed by atoms with Crippen LogP contribution in [0.3, 0.4) is 0 Å². The fraction of sp³-hybridized carbons (Fsp3) is 0.214. The zero-order valence-electron chi connectivity index (χ0n) is 11.1. The minimum Gasteiger partial charge on any atom is -0.369 e. The van der Waals surface area contributed by atoms with Gasteiger partial charge in [-0.15, -0.1) is 0 Å². The van der Waals surface area contributed by atoms with Gasteiger partial charge in [-0.05, 0) is 18.6 Å². The molecule has 7 heteroatoms. The van der Waals surface area contributed by atoms with Crippen LogP contribution in [0.25, 0.3) is 11.0 Å². The van der Waals surface area contributed by atoms with Crippen LogP contribution in [0.5, 0.6) is 0 Å². The molecule has 0 atom stereocenters. The second-order valence-corrected chi connectivity index (χ2v) is 5.41. The summed E-state index contributed by atoms with van der Waals surface area (Å²) in [5, 5.41) is 4.22. The highest BCUT2D eigenvalue weighted by Crippen LogP contribution is 2.26. The van der Waals surface area contributed by atoms with Gasteiger partial charge < -0.3 is 9.88 Å². The zero-order valence-corrected chi connectivity index (χ0v) is 12.6. The Bertz CT molecular complexity index is 742. The maximum absolute atomic E-state index is 6.00. The van der Waals surface area contributed by atoms with Crippen molar-refractivity contribution in [2.24, 2.45) is 0 Å². The van der Waals surface area contributed by atoms with Crippen LogP contribution in [0.1, 0.15) is 6.42 Å². The van der Waals surface area contributed by atoms with Gasteiger partial charge in [0.15, 0.2) is 0 Å². The molecule has 0 fully saturated rings. The van der Waals surface area contributed by atoms with Crippen LogP contribution in [-0.2, 0) is 6.54 Å². The first-order valence-electron chi connectivity index (χ1n) is 6.54. The Balaban J connectivity index is 1.63. The number of imidazole rings is 1. The van der Waals surface area contributed by atoms with Crippen LogP contribution in [0.15, 0.2) is 37.1 Å². The summed E-state index contributed by atoms with van der Waals surface area (Å²) in [5.74, 6) is 0.728. The van der Waals surface area contributed by atoms with E-state index in [1.807, 2.05) is 17.1 Å². The molecule has 1 aromatic carbocycles. The molecule has 0 amide bonds. The molecule has 0 saturated heterocycles. The fourth-order valence-electron chi connectivity index (χ4n) is 1.99. The van der Waals surface area contributed by atoms with E-state index in [4.69, 9.17) is 23.2 Å². The van der Waals surface area contributed by atoms with E-state index in [0.29, 0.717) is 10.0 Å². The first-order chi connectivity index (χ1) is 10.2. The average molecular weight is 322 g/mol. The van der Waals surface area contributed by atoms with Crippen LogP contribution in [0.4, 0.5) is 5.82 Å². The van der Waals surface area contributed by atoms with E-state index < -0.39 is 0 Å². The predicted molar refractivity (Wildman–Crippen MR) is 84.9 cm³/mol. The molecule has 3 rings (SSSR count). The molecule has 0 aliphatic carbocycles. The second-order valence-electron chi connectivity index (χ2n) is 4.59. The number of benzene rings is 1. The molecule has 3 aromatic rings. The van der Waals surface area contributed by atoms with Gasteiger partial charge in [-0.25, -0.2) is 9.97 Å². The first kappa shape index (κ1) is 14.1. The third kappa shape index (κ3) is 3.43. The summed E-state index contributed by atoms with van der Waals surface area (Å²) in [6.07, 6.45) is 8.20. The lowest BCUT2D eigenvalue weighted by molar-refractivity contribution is 0.660. The van der Waals surface area contributed by atoms with E-state index in [1.54, 1.807) is 24.5 Å². The molecular formula is C14H13Cl2N5. The molecule has 21 heavy (non-hydrogen) atoms.